The van der Waals surface area contributed by atoms with E-state index in [0.717, 1.165) is 16.8 Å². The number of hydrogen-bond donors (Lipinski definition) is 2. The van der Waals surface area contributed by atoms with Gasteiger partial charge >= 0.3 is 0 Å². The molecule has 0 saturated carbocycles. The fourth-order valence-corrected chi connectivity index (χ4v) is 1.41. The van der Waals surface area contributed by atoms with E-state index < -0.39 is 0 Å². The molecular formula is C11H16N2O. The van der Waals surface area contributed by atoms with Gasteiger partial charge in [-0.2, -0.15) is 0 Å². The summed E-state index contributed by atoms with van der Waals surface area (Å²) in [6.45, 7) is 4.37. The van der Waals surface area contributed by atoms with E-state index in [4.69, 9.17) is 0 Å². The number of benzene rings is 1. The van der Waals surface area contributed by atoms with Gasteiger partial charge in [0.15, 0.2) is 0 Å². The van der Waals surface area contributed by atoms with E-state index in [1.54, 1.807) is 7.05 Å². The Morgan fingerprint density at radius 1 is 1.21 bits per heavy atom. The van der Waals surface area contributed by atoms with E-state index in [-0.39, 0.29) is 5.91 Å². The zero-order valence-corrected chi connectivity index (χ0v) is 8.85. The first-order valence-corrected chi connectivity index (χ1v) is 4.64. The number of aryl methyl sites for hydroxylation is 2. The second-order valence-corrected chi connectivity index (χ2v) is 3.45. The summed E-state index contributed by atoms with van der Waals surface area (Å²) in [6.07, 6.45) is 0. The van der Waals surface area contributed by atoms with Crippen molar-refractivity contribution in [2.45, 2.75) is 13.8 Å². The van der Waals surface area contributed by atoms with Crippen molar-refractivity contribution in [2.24, 2.45) is 0 Å². The zero-order valence-electron chi connectivity index (χ0n) is 8.85. The van der Waals surface area contributed by atoms with Crippen LogP contribution < -0.4 is 10.6 Å². The maximum absolute atomic E-state index is 11.3. The summed E-state index contributed by atoms with van der Waals surface area (Å²) < 4.78 is 0. The monoisotopic (exact) mass is 192 g/mol. The first-order chi connectivity index (χ1) is 6.61. The molecule has 0 bridgehead atoms. The first-order valence-electron chi connectivity index (χ1n) is 4.64. The van der Waals surface area contributed by atoms with Crippen LogP contribution in [0.2, 0.25) is 0 Å². The molecule has 76 valence electrons. The Balaban J connectivity index is 2.71. The van der Waals surface area contributed by atoms with Crippen LogP contribution in [0.15, 0.2) is 18.2 Å². The highest BCUT2D eigenvalue weighted by molar-refractivity contribution is 5.92. The second-order valence-electron chi connectivity index (χ2n) is 3.45. The standard InChI is InChI=1S/C11H16N2O/c1-8-4-9(2)6-10(5-8)13-11(14)7-12-3/h4-6,12H,7H2,1-3H3,(H,13,14). The third kappa shape index (κ3) is 3.18. The van der Waals surface area contributed by atoms with Gasteiger partial charge in [0.25, 0.3) is 0 Å². The van der Waals surface area contributed by atoms with E-state index >= 15 is 0 Å². The van der Waals surface area contributed by atoms with Crippen molar-refractivity contribution in [2.75, 3.05) is 18.9 Å². The number of amides is 1. The second kappa shape index (κ2) is 4.77. The fourth-order valence-electron chi connectivity index (χ4n) is 1.41. The van der Waals surface area contributed by atoms with E-state index in [1.807, 2.05) is 26.0 Å². The Labute approximate surface area is 84.5 Å². The van der Waals surface area contributed by atoms with Gasteiger partial charge in [0.1, 0.15) is 0 Å². The molecule has 0 saturated heterocycles. The van der Waals surface area contributed by atoms with Gasteiger partial charge in [-0.15, -0.1) is 0 Å². The fraction of sp³-hybridized carbons (Fsp3) is 0.364. The minimum atomic E-state index is -0.0162. The predicted molar refractivity (Wildman–Crippen MR) is 58.5 cm³/mol. The molecular weight excluding hydrogens is 176 g/mol. The van der Waals surface area contributed by atoms with Gasteiger partial charge in [0.05, 0.1) is 6.54 Å². The van der Waals surface area contributed by atoms with Crippen LogP contribution in [0.1, 0.15) is 11.1 Å². The Bertz CT molecular complexity index is 314. The maximum atomic E-state index is 11.3. The maximum Gasteiger partial charge on any atom is 0.238 e. The highest BCUT2D eigenvalue weighted by Crippen LogP contribution is 2.13. The first kappa shape index (κ1) is 10.7. The van der Waals surface area contributed by atoms with Crippen LogP contribution in [0.25, 0.3) is 0 Å². The van der Waals surface area contributed by atoms with Crippen molar-refractivity contribution in [1.82, 2.24) is 5.32 Å². The summed E-state index contributed by atoms with van der Waals surface area (Å²) in [5.41, 5.74) is 3.18. The van der Waals surface area contributed by atoms with Crippen LogP contribution >= 0.6 is 0 Å². The van der Waals surface area contributed by atoms with E-state index in [1.165, 1.54) is 0 Å². The molecule has 0 atom stereocenters. The van der Waals surface area contributed by atoms with E-state index in [2.05, 4.69) is 16.7 Å². The lowest BCUT2D eigenvalue weighted by molar-refractivity contribution is -0.115. The van der Waals surface area contributed by atoms with Crippen LogP contribution in [0.3, 0.4) is 0 Å². The molecule has 0 heterocycles. The van der Waals surface area contributed by atoms with Crippen LogP contribution in [0.4, 0.5) is 5.69 Å². The molecule has 3 heteroatoms. The number of nitrogens with one attached hydrogen (secondary N) is 2. The lowest BCUT2D eigenvalue weighted by Crippen LogP contribution is -2.25. The topological polar surface area (TPSA) is 41.1 Å². The molecule has 0 spiro atoms. The lowest BCUT2D eigenvalue weighted by Gasteiger charge is -2.06. The number of hydrogen-bond acceptors (Lipinski definition) is 2. The average molecular weight is 192 g/mol. The van der Waals surface area contributed by atoms with Gasteiger partial charge < -0.3 is 10.6 Å². The Hall–Kier alpha value is -1.35. The van der Waals surface area contributed by atoms with Gasteiger partial charge in [-0.25, -0.2) is 0 Å². The van der Waals surface area contributed by atoms with Gasteiger partial charge in [-0.1, -0.05) is 6.07 Å². The van der Waals surface area contributed by atoms with Crippen molar-refractivity contribution in [3.8, 4) is 0 Å². The summed E-state index contributed by atoms with van der Waals surface area (Å²) in [5.74, 6) is -0.0162. The summed E-state index contributed by atoms with van der Waals surface area (Å²) in [7, 11) is 1.75. The molecule has 0 aromatic heterocycles. The van der Waals surface area contributed by atoms with Gasteiger partial charge in [-0.3, -0.25) is 4.79 Å². The Morgan fingerprint density at radius 3 is 2.29 bits per heavy atom. The molecule has 2 N–H and O–H groups in total. The van der Waals surface area contributed by atoms with Crippen LogP contribution in [-0.2, 0) is 4.79 Å². The highest BCUT2D eigenvalue weighted by atomic mass is 16.1. The summed E-state index contributed by atoms with van der Waals surface area (Å²) in [4.78, 5) is 11.3. The third-order valence-electron chi connectivity index (χ3n) is 1.84. The highest BCUT2D eigenvalue weighted by Gasteiger charge is 2.00. The van der Waals surface area contributed by atoms with Crippen molar-refractivity contribution >= 4 is 11.6 Å². The van der Waals surface area contributed by atoms with Crippen molar-refractivity contribution < 1.29 is 4.79 Å². The molecule has 0 aliphatic carbocycles. The Morgan fingerprint density at radius 2 is 1.79 bits per heavy atom. The molecule has 1 rings (SSSR count). The van der Waals surface area contributed by atoms with Crippen molar-refractivity contribution in [3.05, 3.63) is 29.3 Å². The molecule has 1 aromatic carbocycles. The van der Waals surface area contributed by atoms with Crippen LogP contribution in [0.5, 0.6) is 0 Å². The number of carbonyl (C=O) groups is 1. The molecule has 3 nitrogen and oxygen atoms in total. The summed E-state index contributed by atoms with van der Waals surface area (Å²) >= 11 is 0. The molecule has 1 amide bonds. The summed E-state index contributed by atoms with van der Waals surface area (Å²) in [5, 5.41) is 5.63. The number of likely N-dealkylation sites (N-methyl/N-ethyl adjacent to an activating group) is 1. The molecule has 14 heavy (non-hydrogen) atoms. The number of rotatable bonds is 3. The van der Waals surface area contributed by atoms with Gasteiger partial charge in [-0.05, 0) is 44.2 Å². The van der Waals surface area contributed by atoms with Crippen LogP contribution in [0, 0.1) is 13.8 Å². The SMILES string of the molecule is CNCC(=O)Nc1cc(C)cc(C)c1. The van der Waals surface area contributed by atoms with Gasteiger partial charge in [0, 0.05) is 5.69 Å². The largest absolute Gasteiger partial charge is 0.325 e. The molecule has 0 aliphatic rings. The molecule has 1 aromatic rings. The molecule has 0 fully saturated rings. The minimum Gasteiger partial charge on any atom is -0.325 e. The van der Waals surface area contributed by atoms with Gasteiger partial charge in [0.2, 0.25) is 5.91 Å². The zero-order chi connectivity index (χ0) is 10.6. The predicted octanol–water partition coefficient (Wildman–Crippen LogP) is 1.46. The smallest absolute Gasteiger partial charge is 0.238 e. The van der Waals surface area contributed by atoms with Crippen LogP contribution in [-0.4, -0.2) is 19.5 Å². The quantitative estimate of drug-likeness (QED) is 0.761. The third-order valence-corrected chi connectivity index (χ3v) is 1.84. The molecule has 0 unspecified atom stereocenters. The van der Waals surface area contributed by atoms with E-state index in [0.29, 0.717) is 6.54 Å². The number of carbonyl (C=O) groups excluding carboxylic acids is 1. The van der Waals surface area contributed by atoms with Crippen molar-refractivity contribution in [1.29, 1.82) is 0 Å². The average Bonchev–Trinajstić information content (AvgIpc) is 2.01. The summed E-state index contributed by atoms with van der Waals surface area (Å²) in [6, 6.07) is 5.99. The normalized spacial score (nSPS) is 9.93. The molecule has 0 aliphatic heterocycles. The lowest BCUT2D eigenvalue weighted by atomic mass is 10.1. The number of anilines is 1. The minimum absolute atomic E-state index is 0.0162. The molecule has 0 radical (unpaired) electrons. The Kier molecular flexibility index (Phi) is 3.65. The van der Waals surface area contributed by atoms with Crippen molar-refractivity contribution in [3.63, 3.8) is 0 Å². The van der Waals surface area contributed by atoms with E-state index in [9.17, 15) is 4.79 Å².